The Morgan fingerprint density at radius 1 is 1.03 bits per heavy atom. The second kappa shape index (κ2) is 11.8. The van der Waals surface area contributed by atoms with Gasteiger partial charge in [-0.2, -0.15) is 4.99 Å². The molecular weight excluding hydrogens is 448 g/mol. The molecule has 0 saturated heterocycles. The highest BCUT2D eigenvalue weighted by atomic mass is 32.2. The normalized spacial score (nSPS) is 15.1. The van der Waals surface area contributed by atoms with Gasteiger partial charge in [0.1, 0.15) is 5.25 Å². The minimum atomic E-state index is -0.523. The number of amidine groups is 1. The first-order chi connectivity index (χ1) is 16.3. The van der Waals surface area contributed by atoms with Crippen molar-refractivity contribution in [1.82, 2.24) is 9.80 Å². The van der Waals surface area contributed by atoms with E-state index in [1.165, 1.54) is 17.3 Å². The van der Waals surface area contributed by atoms with E-state index in [1.54, 1.807) is 36.2 Å². The number of thioether (sulfide) groups is 1. The van der Waals surface area contributed by atoms with Gasteiger partial charge in [-0.1, -0.05) is 49.0 Å². The summed E-state index contributed by atoms with van der Waals surface area (Å²) in [6.07, 6.45) is 1.01. The molecule has 0 aliphatic carbocycles. The Kier molecular flexibility index (Phi) is 8.87. The van der Waals surface area contributed by atoms with E-state index >= 15 is 0 Å². The summed E-state index contributed by atoms with van der Waals surface area (Å²) in [6.45, 7) is 8.13. The van der Waals surface area contributed by atoms with Crippen LogP contribution in [-0.4, -0.2) is 58.1 Å². The number of carbonyl (C=O) groups excluding carboxylic acids is 3. The summed E-state index contributed by atoms with van der Waals surface area (Å²) < 4.78 is 0. The Labute approximate surface area is 205 Å². The first kappa shape index (κ1) is 25.5. The number of hydrogen-bond acceptors (Lipinski definition) is 5. The molecule has 0 spiro atoms. The van der Waals surface area contributed by atoms with Crippen LogP contribution in [0.1, 0.15) is 48.7 Å². The van der Waals surface area contributed by atoms with Crippen LogP contribution < -0.4 is 5.32 Å². The van der Waals surface area contributed by atoms with Gasteiger partial charge in [0.25, 0.3) is 11.8 Å². The Morgan fingerprint density at radius 3 is 2.35 bits per heavy atom. The highest BCUT2D eigenvalue weighted by Gasteiger charge is 2.32. The van der Waals surface area contributed by atoms with Crippen molar-refractivity contribution in [1.29, 1.82) is 0 Å². The molecule has 2 aromatic rings. The van der Waals surface area contributed by atoms with Crippen molar-refractivity contribution >= 4 is 40.3 Å². The molecule has 0 saturated carbocycles. The molecule has 1 N–H and O–H groups in total. The molecule has 7 nitrogen and oxygen atoms in total. The smallest absolute Gasteiger partial charge is 0.262 e. The largest absolute Gasteiger partial charge is 0.352 e. The van der Waals surface area contributed by atoms with E-state index in [0.717, 1.165) is 25.1 Å². The zero-order valence-corrected chi connectivity index (χ0v) is 21.0. The third kappa shape index (κ3) is 6.47. The van der Waals surface area contributed by atoms with Gasteiger partial charge in [-0.3, -0.25) is 14.4 Å². The van der Waals surface area contributed by atoms with Gasteiger partial charge in [0.05, 0.1) is 0 Å². The van der Waals surface area contributed by atoms with Crippen LogP contribution in [0.3, 0.4) is 0 Å². The minimum absolute atomic E-state index is 0.0313. The number of benzene rings is 2. The summed E-state index contributed by atoms with van der Waals surface area (Å²) in [4.78, 5) is 45.6. The first-order valence-electron chi connectivity index (χ1n) is 11.6. The molecule has 1 unspecified atom stereocenters. The van der Waals surface area contributed by atoms with Crippen molar-refractivity contribution in [2.45, 2.75) is 45.4 Å². The van der Waals surface area contributed by atoms with Gasteiger partial charge in [-0.15, -0.1) is 0 Å². The summed E-state index contributed by atoms with van der Waals surface area (Å²) in [5, 5.41) is 2.97. The van der Waals surface area contributed by atoms with Crippen molar-refractivity contribution in [3.8, 4) is 0 Å². The Balaban J connectivity index is 1.57. The number of hydrogen-bond donors (Lipinski definition) is 1. The van der Waals surface area contributed by atoms with E-state index < -0.39 is 5.25 Å². The number of amides is 3. The van der Waals surface area contributed by atoms with Crippen molar-refractivity contribution in [3.05, 3.63) is 65.2 Å². The molecule has 1 atom stereocenters. The second-order valence-corrected chi connectivity index (χ2v) is 9.35. The van der Waals surface area contributed by atoms with Crippen LogP contribution >= 0.6 is 11.8 Å². The molecule has 3 amide bonds. The average Bonchev–Trinajstić information content (AvgIpc) is 3.19. The summed E-state index contributed by atoms with van der Waals surface area (Å²) in [7, 11) is 1.76. The molecule has 0 bridgehead atoms. The molecule has 3 rings (SSSR count). The number of anilines is 1. The molecule has 1 aliphatic heterocycles. The lowest BCUT2D eigenvalue weighted by Crippen LogP contribution is -2.28. The Bertz CT molecular complexity index is 1060. The SMILES string of the molecule is CCc1ccc(CN(C)C(=O)c2cccc(NC(=O)CC3SC(N(CC)CC)=NC3=O)c2)cc1. The van der Waals surface area contributed by atoms with Crippen molar-refractivity contribution < 1.29 is 14.4 Å². The minimum Gasteiger partial charge on any atom is -0.352 e. The molecule has 0 radical (unpaired) electrons. The van der Waals surface area contributed by atoms with Crippen LogP contribution in [0.4, 0.5) is 5.69 Å². The highest BCUT2D eigenvalue weighted by Crippen LogP contribution is 2.27. The Morgan fingerprint density at radius 2 is 1.71 bits per heavy atom. The topological polar surface area (TPSA) is 82.1 Å². The molecule has 180 valence electrons. The van der Waals surface area contributed by atoms with Gasteiger partial charge in [0.15, 0.2) is 5.17 Å². The maximum atomic E-state index is 12.9. The van der Waals surface area contributed by atoms with Crippen LogP contribution in [0.5, 0.6) is 0 Å². The van der Waals surface area contributed by atoms with Crippen LogP contribution in [0.15, 0.2) is 53.5 Å². The molecular formula is C26H32N4O3S. The van der Waals surface area contributed by atoms with E-state index in [4.69, 9.17) is 0 Å². The molecule has 1 aliphatic rings. The van der Waals surface area contributed by atoms with Crippen LogP contribution in [-0.2, 0) is 22.6 Å². The van der Waals surface area contributed by atoms with Gasteiger partial charge >= 0.3 is 0 Å². The maximum Gasteiger partial charge on any atom is 0.262 e. The van der Waals surface area contributed by atoms with Crippen LogP contribution in [0.25, 0.3) is 0 Å². The number of nitrogens with zero attached hydrogens (tertiary/aromatic N) is 3. The van der Waals surface area contributed by atoms with E-state index in [2.05, 4.69) is 29.4 Å². The zero-order valence-electron chi connectivity index (χ0n) is 20.2. The molecule has 8 heteroatoms. The molecule has 2 aromatic carbocycles. The number of carbonyl (C=O) groups is 3. The summed E-state index contributed by atoms with van der Waals surface area (Å²) >= 11 is 1.33. The molecule has 0 fully saturated rings. The van der Waals surface area contributed by atoms with Crippen LogP contribution in [0, 0.1) is 0 Å². The van der Waals surface area contributed by atoms with Gasteiger partial charge in [0, 0.05) is 44.4 Å². The van der Waals surface area contributed by atoms with E-state index in [0.29, 0.717) is 23.0 Å². The summed E-state index contributed by atoms with van der Waals surface area (Å²) in [5.74, 6) is -0.690. The van der Waals surface area contributed by atoms with Gasteiger partial charge in [-0.25, -0.2) is 0 Å². The predicted molar refractivity (Wildman–Crippen MR) is 138 cm³/mol. The summed E-state index contributed by atoms with van der Waals surface area (Å²) in [5.41, 5.74) is 3.33. The third-order valence-electron chi connectivity index (χ3n) is 5.72. The van der Waals surface area contributed by atoms with Crippen LogP contribution in [0.2, 0.25) is 0 Å². The number of aliphatic imine (C=N–C) groups is 1. The summed E-state index contributed by atoms with van der Waals surface area (Å²) in [6, 6.07) is 15.1. The van der Waals surface area contributed by atoms with E-state index in [9.17, 15) is 14.4 Å². The van der Waals surface area contributed by atoms with Crippen molar-refractivity contribution in [2.75, 3.05) is 25.5 Å². The van der Waals surface area contributed by atoms with Crippen molar-refractivity contribution in [3.63, 3.8) is 0 Å². The standard InChI is InChI=1S/C26H32N4O3S/c1-5-18-11-13-19(14-12-18)17-29(4)25(33)20-9-8-10-21(15-20)27-23(31)16-22-24(32)28-26(34-22)30(6-2)7-3/h8-15,22H,5-7,16-17H2,1-4H3,(H,27,31). The number of rotatable bonds is 9. The van der Waals surface area contributed by atoms with Gasteiger partial charge < -0.3 is 15.1 Å². The highest BCUT2D eigenvalue weighted by molar-refractivity contribution is 8.15. The second-order valence-electron chi connectivity index (χ2n) is 8.18. The molecule has 34 heavy (non-hydrogen) atoms. The van der Waals surface area contributed by atoms with E-state index in [1.807, 2.05) is 30.9 Å². The third-order valence-corrected chi connectivity index (χ3v) is 6.94. The van der Waals surface area contributed by atoms with Gasteiger partial charge in [0.2, 0.25) is 5.91 Å². The number of nitrogens with one attached hydrogen (secondary N) is 1. The zero-order chi connectivity index (χ0) is 24.7. The average molecular weight is 481 g/mol. The fourth-order valence-corrected chi connectivity index (χ4v) is 4.89. The molecule has 0 aromatic heterocycles. The molecule has 1 heterocycles. The monoisotopic (exact) mass is 480 g/mol. The quantitative estimate of drug-likeness (QED) is 0.582. The fraction of sp³-hybridized carbons (Fsp3) is 0.385. The lowest BCUT2D eigenvalue weighted by Gasteiger charge is -2.19. The van der Waals surface area contributed by atoms with E-state index in [-0.39, 0.29) is 24.1 Å². The first-order valence-corrected chi connectivity index (χ1v) is 12.5. The fourth-order valence-electron chi connectivity index (χ4n) is 3.70. The maximum absolute atomic E-state index is 12.9. The number of aryl methyl sites for hydroxylation is 1. The van der Waals surface area contributed by atoms with Gasteiger partial charge in [-0.05, 0) is 49.6 Å². The van der Waals surface area contributed by atoms with Crippen molar-refractivity contribution in [2.24, 2.45) is 4.99 Å². The lowest BCUT2D eigenvalue weighted by molar-refractivity contribution is -0.121. The lowest BCUT2D eigenvalue weighted by atomic mass is 10.1. The Hall–Kier alpha value is -3.13. The predicted octanol–water partition coefficient (Wildman–Crippen LogP) is 4.19.